The maximum Gasteiger partial charge on any atom is 0.321 e. The van der Waals surface area contributed by atoms with Gasteiger partial charge in [-0.15, -0.1) is 0 Å². The molecule has 1 saturated heterocycles. The number of carbonyl (C=O) groups is 2. The first kappa shape index (κ1) is 21.2. The maximum atomic E-state index is 13.2. The van der Waals surface area contributed by atoms with Gasteiger partial charge in [0, 0.05) is 36.9 Å². The number of amides is 3. The fourth-order valence-corrected chi connectivity index (χ4v) is 4.56. The summed E-state index contributed by atoms with van der Waals surface area (Å²) >= 11 is 0. The highest BCUT2D eigenvalue weighted by Crippen LogP contribution is 2.34. The van der Waals surface area contributed by atoms with Crippen molar-refractivity contribution in [2.24, 2.45) is 0 Å². The zero-order chi connectivity index (χ0) is 21.6. The minimum atomic E-state index is -0.479. The van der Waals surface area contributed by atoms with E-state index in [0.717, 1.165) is 53.3 Å². The Labute approximate surface area is 182 Å². The molecule has 4 rings (SSSR count). The second kappa shape index (κ2) is 9.83. The standard InChI is InChI=1S/C24H29N3O4/c1-2-25-24(29)26-23(28)22(17-8-4-3-5-9-17)27-13-6-10-19(27)18-11-12-20-21(16-18)31-15-7-14-30-20/h3-5,8-9,11-12,16,19,22H,2,6-7,10,13-15H2,1H3,(H2,25,26,28,29)/p+1/t19-,22-/m1/s1. The van der Waals surface area contributed by atoms with Gasteiger partial charge in [-0.1, -0.05) is 30.3 Å². The van der Waals surface area contributed by atoms with Crippen LogP contribution in [0.2, 0.25) is 0 Å². The van der Waals surface area contributed by atoms with Gasteiger partial charge in [-0.3, -0.25) is 10.1 Å². The summed E-state index contributed by atoms with van der Waals surface area (Å²) in [6.45, 7) is 4.43. The molecule has 7 heteroatoms. The largest absolute Gasteiger partial charge is 0.490 e. The molecular formula is C24H30N3O4+. The fraction of sp³-hybridized carbons (Fsp3) is 0.417. The lowest BCUT2D eigenvalue weighted by Crippen LogP contribution is -3.11. The van der Waals surface area contributed by atoms with Crippen LogP contribution in [0.15, 0.2) is 48.5 Å². The Bertz CT molecular complexity index is 918. The van der Waals surface area contributed by atoms with Crippen molar-refractivity contribution < 1.29 is 24.0 Å². The van der Waals surface area contributed by atoms with Gasteiger partial charge in [0.1, 0.15) is 6.04 Å². The number of nitrogens with one attached hydrogen (secondary N) is 3. The Kier molecular flexibility index (Phi) is 6.72. The van der Waals surface area contributed by atoms with Crippen LogP contribution in [0, 0.1) is 0 Å². The minimum absolute atomic E-state index is 0.127. The van der Waals surface area contributed by atoms with E-state index in [1.807, 2.05) is 43.3 Å². The first-order valence-corrected chi connectivity index (χ1v) is 11.1. The number of ether oxygens (including phenoxy) is 2. The molecule has 2 aromatic rings. The zero-order valence-corrected chi connectivity index (χ0v) is 17.9. The van der Waals surface area contributed by atoms with Crippen LogP contribution in [0.3, 0.4) is 0 Å². The van der Waals surface area contributed by atoms with Gasteiger partial charge in [0.2, 0.25) is 0 Å². The van der Waals surface area contributed by atoms with E-state index in [4.69, 9.17) is 9.47 Å². The Balaban J connectivity index is 1.63. The summed E-state index contributed by atoms with van der Waals surface area (Å²) in [5.41, 5.74) is 2.03. The molecule has 0 aliphatic carbocycles. The summed E-state index contributed by atoms with van der Waals surface area (Å²) in [5.74, 6) is 1.26. The molecule has 164 valence electrons. The molecule has 0 radical (unpaired) electrons. The van der Waals surface area contributed by atoms with E-state index < -0.39 is 12.1 Å². The number of hydrogen-bond donors (Lipinski definition) is 3. The van der Waals surface area contributed by atoms with Crippen molar-refractivity contribution >= 4 is 11.9 Å². The Morgan fingerprint density at radius 2 is 1.84 bits per heavy atom. The summed E-state index contributed by atoms with van der Waals surface area (Å²) in [5, 5.41) is 5.18. The second-order valence-electron chi connectivity index (χ2n) is 7.97. The van der Waals surface area contributed by atoms with E-state index in [2.05, 4.69) is 22.8 Å². The van der Waals surface area contributed by atoms with Gasteiger partial charge in [0.15, 0.2) is 17.5 Å². The second-order valence-corrected chi connectivity index (χ2v) is 7.97. The number of quaternary nitrogens is 1. The highest BCUT2D eigenvalue weighted by molar-refractivity contribution is 5.96. The van der Waals surface area contributed by atoms with E-state index >= 15 is 0 Å². The maximum absolute atomic E-state index is 13.2. The van der Waals surface area contributed by atoms with Crippen molar-refractivity contribution in [3.63, 3.8) is 0 Å². The van der Waals surface area contributed by atoms with Crippen LogP contribution in [0.5, 0.6) is 11.5 Å². The summed E-state index contributed by atoms with van der Waals surface area (Å²) < 4.78 is 11.7. The predicted molar refractivity (Wildman–Crippen MR) is 116 cm³/mol. The number of fused-ring (bicyclic) bond motifs is 1. The van der Waals surface area contributed by atoms with Gasteiger partial charge in [0.25, 0.3) is 5.91 Å². The smallest absolute Gasteiger partial charge is 0.321 e. The van der Waals surface area contributed by atoms with Crippen LogP contribution in [0.4, 0.5) is 4.79 Å². The van der Waals surface area contributed by atoms with Crippen LogP contribution in [0.25, 0.3) is 0 Å². The minimum Gasteiger partial charge on any atom is -0.490 e. The number of carbonyl (C=O) groups excluding carboxylic acids is 2. The molecule has 0 bridgehead atoms. The molecule has 1 fully saturated rings. The van der Waals surface area contributed by atoms with Crippen molar-refractivity contribution in [1.82, 2.24) is 10.6 Å². The third-order valence-corrected chi connectivity index (χ3v) is 5.92. The van der Waals surface area contributed by atoms with Gasteiger partial charge in [-0.05, 0) is 25.1 Å². The van der Waals surface area contributed by atoms with Crippen molar-refractivity contribution in [3.05, 3.63) is 59.7 Å². The van der Waals surface area contributed by atoms with Crippen molar-refractivity contribution in [2.45, 2.75) is 38.3 Å². The summed E-state index contributed by atoms with van der Waals surface area (Å²) in [4.78, 5) is 26.4. The SMILES string of the molecule is CCNC(=O)NC(=O)[C@@H](c1ccccc1)[NH+]1CCC[C@@H]1c1ccc2c(c1)OCCCO2. The molecular weight excluding hydrogens is 394 g/mol. The van der Waals surface area contributed by atoms with E-state index in [-0.39, 0.29) is 11.9 Å². The van der Waals surface area contributed by atoms with Crippen LogP contribution in [0.1, 0.15) is 49.4 Å². The molecule has 2 aromatic carbocycles. The van der Waals surface area contributed by atoms with E-state index in [0.29, 0.717) is 19.8 Å². The van der Waals surface area contributed by atoms with E-state index in [1.54, 1.807) is 0 Å². The molecule has 1 unspecified atom stereocenters. The Morgan fingerprint density at radius 3 is 2.61 bits per heavy atom. The molecule has 2 heterocycles. The van der Waals surface area contributed by atoms with E-state index in [9.17, 15) is 9.59 Å². The van der Waals surface area contributed by atoms with Gasteiger partial charge in [0.05, 0.1) is 19.8 Å². The molecule has 0 spiro atoms. The summed E-state index contributed by atoms with van der Waals surface area (Å²) in [7, 11) is 0. The van der Waals surface area contributed by atoms with E-state index in [1.165, 1.54) is 0 Å². The molecule has 2 aliphatic rings. The molecule has 0 saturated carbocycles. The summed E-state index contributed by atoms with van der Waals surface area (Å²) in [6.07, 6.45) is 2.83. The van der Waals surface area contributed by atoms with Gasteiger partial charge in [-0.2, -0.15) is 0 Å². The van der Waals surface area contributed by atoms with Crippen LogP contribution >= 0.6 is 0 Å². The number of benzene rings is 2. The molecule has 3 amide bonds. The van der Waals surface area contributed by atoms with Gasteiger partial charge >= 0.3 is 6.03 Å². The summed E-state index contributed by atoms with van der Waals surface area (Å²) in [6, 6.07) is 15.0. The monoisotopic (exact) mass is 424 g/mol. The molecule has 2 aliphatic heterocycles. The van der Waals surface area contributed by atoms with Gasteiger partial charge in [-0.25, -0.2) is 4.79 Å². The number of likely N-dealkylation sites (tertiary alicyclic amines) is 1. The molecule has 7 nitrogen and oxygen atoms in total. The van der Waals surface area contributed by atoms with Crippen LogP contribution in [-0.2, 0) is 4.79 Å². The first-order chi connectivity index (χ1) is 15.2. The van der Waals surface area contributed by atoms with Gasteiger partial charge < -0.3 is 19.7 Å². The van der Waals surface area contributed by atoms with Crippen LogP contribution < -0.4 is 25.0 Å². The topological polar surface area (TPSA) is 81.1 Å². The number of urea groups is 1. The number of imide groups is 1. The highest BCUT2D eigenvalue weighted by Gasteiger charge is 2.41. The molecule has 31 heavy (non-hydrogen) atoms. The molecule has 0 aromatic heterocycles. The highest BCUT2D eigenvalue weighted by atomic mass is 16.5. The normalized spacial score (nSPS) is 21.1. The Morgan fingerprint density at radius 1 is 1.06 bits per heavy atom. The molecule has 3 atom stereocenters. The quantitative estimate of drug-likeness (QED) is 0.687. The third-order valence-electron chi connectivity index (χ3n) is 5.92. The average molecular weight is 425 g/mol. The number of rotatable bonds is 5. The van der Waals surface area contributed by atoms with Crippen molar-refractivity contribution in [3.8, 4) is 11.5 Å². The number of hydrogen-bond acceptors (Lipinski definition) is 4. The first-order valence-electron chi connectivity index (χ1n) is 11.1. The van der Waals surface area contributed by atoms with Crippen molar-refractivity contribution in [1.29, 1.82) is 0 Å². The Hall–Kier alpha value is -3.06. The zero-order valence-electron chi connectivity index (χ0n) is 17.9. The predicted octanol–water partition coefficient (Wildman–Crippen LogP) is 2.15. The lowest BCUT2D eigenvalue weighted by atomic mass is 9.99. The average Bonchev–Trinajstić information content (AvgIpc) is 3.12. The lowest BCUT2D eigenvalue weighted by Gasteiger charge is -2.30. The van der Waals surface area contributed by atoms with Crippen LogP contribution in [-0.4, -0.2) is 38.2 Å². The fourth-order valence-electron chi connectivity index (χ4n) is 4.56. The molecule has 3 N–H and O–H groups in total. The lowest BCUT2D eigenvalue weighted by molar-refractivity contribution is -0.940. The third kappa shape index (κ3) is 4.82. The van der Waals surface area contributed by atoms with Crippen molar-refractivity contribution in [2.75, 3.05) is 26.3 Å².